The van der Waals surface area contributed by atoms with E-state index in [-0.39, 0.29) is 11.7 Å². The Labute approximate surface area is 196 Å². The van der Waals surface area contributed by atoms with Gasteiger partial charge >= 0.3 is 0 Å². The number of ether oxygens (including phenoxy) is 2. The average molecular weight is 463 g/mol. The molecule has 0 N–H and O–H groups in total. The Morgan fingerprint density at radius 1 is 0.939 bits per heavy atom. The van der Waals surface area contributed by atoms with Crippen molar-refractivity contribution in [2.75, 3.05) is 23.9 Å². The number of amides is 1. The molecule has 1 aliphatic heterocycles. The van der Waals surface area contributed by atoms with Gasteiger partial charge in [0.2, 0.25) is 0 Å². The molecule has 3 aromatic rings. The zero-order valence-corrected chi connectivity index (χ0v) is 18.9. The van der Waals surface area contributed by atoms with E-state index >= 15 is 0 Å². The van der Waals surface area contributed by atoms with Crippen molar-refractivity contribution >= 4 is 34.6 Å². The highest BCUT2D eigenvalue weighted by atomic mass is 32.2. The van der Waals surface area contributed by atoms with Crippen LogP contribution < -0.4 is 14.4 Å². The molecule has 3 aromatic carbocycles. The molecule has 0 radical (unpaired) electrons. The normalized spacial score (nSPS) is 14.5. The number of halogens is 1. The summed E-state index contributed by atoms with van der Waals surface area (Å²) in [4.78, 5) is 19.2. The molecule has 0 aromatic heterocycles. The minimum Gasteiger partial charge on any atom is -0.494 e. The second kappa shape index (κ2) is 10.8. The van der Waals surface area contributed by atoms with Crippen LogP contribution in [0.5, 0.6) is 11.5 Å². The largest absolute Gasteiger partial charge is 0.494 e. The number of nitrogens with zero attached hydrogens (tertiary/aromatic N) is 2. The van der Waals surface area contributed by atoms with Crippen molar-refractivity contribution in [2.45, 2.75) is 6.92 Å². The van der Waals surface area contributed by atoms with E-state index in [1.165, 1.54) is 28.8 Å². The number of thioether (sulfide) groups is 1. The quantitative estimate of drug-likeness (QED) is 0.315. The predicted octanol–water partition coefficient (Wildman–Crippen LogP) is 5.78. The number of anilines is 1. The molecule has 5 nitrogen and oxygen atoms in total. The van der Waals surface area contributed by atoms with Crippen LogP contribution in [0.1, 0.15) is 12.5 Å². The molecule has 0 atom stereocenters. The molecule has 0 unspecified atom stereocenters. The maximum atomic E-state index is 13.4. The molecule has 1 heterocycles. The summed E-state index contributed by atoms with van der Waals surface area (Å²) < 4.78 is 24.7. The first kappa shape index (κ1) is 22.6. The van der Waals surface area contributed by atoms with Gasteiger partial charge in [0.25, 0.3) is 5.91 Å². The lowest BCUT2D eigenvalue weighted by atomic mass is 10.2. The van der Waals surface area contributed by atoms with Crippen molar-refractivity contribution in [1.29, 1.82) is 0 Å². The van der Waals surface area contributed by atoms with Gasteiger partial charge in [-0.1, -0.05) is 42.1 Å². The molecule has 0 saturated carbocycles. The maximum absolute atomic E-state index is 13.4. The number of hydrogen-bond donors (Lipinski definition) is 0. The van der Waals surface area contributed by atoms with E-state index in [1.54, 1.807) is 18.2 Å². The van der Waals surface area contributed by atoms with Crippen LogP contribution in [-0.2, 0) is 4.79 Å². The fourth-order valence-electron chi connectivity index (χ4n) is 3.21. The third-order valence-corrected chi connectivity index (χ3v) is 5.64. The Kier molecular flexibility index (Phi) is 7.42. The van der Waals surface area contributed by atoms with Gasteiger partial charge in [-0.2, -0.15) is 0 Å². The van der Waals surface area contributed by atoms with Crippen LogP contribution in [0.3, 0.4) is 0 Å². The monoisotopic (exact) mass is 462 g/mol. The van der Waals surface area contributed by atoms with Gasteiger partial charge in [0.1, 0.15) is 23.0 Å². The first-order valence-corrected chi connectivity index (χ1v) is 11.6. The van der Waals surface area contributed by atoms with Crippen molar-refractivity contribution in [3.05, 3.63) is 95.9 Å². The zero-order chi connectivity index (χ0) is 23.0. The van der Waals surface area contributed by atoms with E-state index in [0.29, 0.717) is 35.5 Å². The maximum Gasteiger partial charge on any atom is 0.283 e. The Bertz CT molecular complexity index is 1150. The average Bonchev–Trinajstić information content (AvgIpc) is 3.14. The van der Waals surface area contributed by atoms with E-state index < -0.39 is 0 Å². The number of amidine groups is 1. The lowest BCUT2D eigenvalue weighted by molar-refractivity contribution is -0.113. The first-order valence-electron chi connectivity index (χ1n) is 10.6. The third kappa shape index (κ3) is 5.81. The summed E-state index contributed by atoms with van der Waals surface area (Å²) in [6.07, 6.45) is 1.75. The molecule has 1 aliphatic rings. The van der Waals surface area contributed by atoms with Gasteiger partial charge in [0, 0.05) is 5.75 Å². The summed E-state index contributed by atoms with van der Waals surface area (Å²) in [5.74, 6) is 1.50. The van der Waals surface area contributed by atoms with Crippen molar-refractivity contribution in [2.24, 2.45) is 4.99 Å². The molecule has 0 aliphatic carbocycles. The van der Waals surface area contributed by atoms with E-state index in [9.17, 15) is 9.18 Å². The van der Waals surface area contributed by atoms with Gasteiger partial charge in [-0.15, -0.1) is 0 Å². The number of hydrogen-bond acceptors (Lipinski definition) is 5. The van der Waals surface area contributed by atoms with Gasteiger partial charge < -0.3 is 9.47 Å². The third-order valence-electron chi connectivity index (χ3n) is 4.74. The summed E-state index contributed by atoms with van der Waals surface area (Å²) in [6, 6.07) is 22.8. The Hall–Kier alpha value is -3.58. The van der Waals surface area contributed by atoms with Crippen LogP contribution in [0, 0.1) is 5.82 Å². The standard InChI is InChI=1S/C26H23FN2O3S/c1-2-31-22-12-14-23(15-13-22)32-16-17-33-26-28-24(18-19-6-4-3-5-7-19)25(30)29(26)21-10-8-20(27)9-11-21/h3-15,18H,2,16-17H2,1H3. The van der Waals surface area contributed by atoms with Crippen LogP contribution in [-0.4, -0.2) is 30.0 Å². The molecule has 0 spiro atoms. The van der Waals surface area contributed by atoms with Crippen molar-refractivity contribution in [3.8, 4) is 11.5 Å². The lowest BCUT2D eigenvalue weighted by Crippen LogP contribution is -2.30. The minimum atomic E-state index is -0.361. The Morgan fingerprint density at radius 3 is 2.27 bits per heavy atom. The fraction of sp³-hybridized carbons (Fsp3) is 0.154. The summed E-state index contributed by atoms with van der Waals surface area (Å²) in [7, 11) is 0. The zero-order valence-electron chi connectivity index (χ0n) is 18.1. The summed E-state index contributed by atoms with van der Waals surface area (Å²) in [6.45, 7) is 2.98. The number of aliphatic imine (C=N–C) groups is 1. The van der Waals surface area contributed by atoms with E-state index in [1.807, 2.05) is 61.5 Å². The van der Waals surface area contributed by atoms with E-state index in [2.05, 4.69) is 4.99 Å². The van der Waals surface area contributed by atoms with Gasteiger partial charge in [-0.05, 0) is 67.1 Å². The first-order chi connectivity index (χ1) is 16.1. The fourth-order valence-corrected chi connectivity index (χ4v) is 4.04. The SMILES string of the molecule is CCOc1ccc(OCCSC2=NC(=Cc3ccccc3)C(=O)N2c2ccc(F)cc2)cc1. The molecule has 33 heavy (non-hydrogen) atoms. The lowest BCUT2D eigenvalue weighted by Gasteiger charge is -2.17. The van der Waals surface area contributed by atoms with Crippen molar-refractivity contribution < 1.29 is 18.7 Å². The minimum absolute atomic E-state index is 0.250. The molecule has 7 heteroatoms. The molecule has 0 fully saturated rings. The molecular weight excluding hydrogens is 439 g/mol. The number of carbonyl (C=O) groups excluding carboxylic acids is 1. The van der Waals surface area contributed by atoms with Crippen LogP contribution in [0.4, 0.5) is 10.1 Å². The van der Waals surface area contributed by atoms with Crippen molar-refractivity contribution in [3.63, 3.8) is 0 Å². The topological polar surface area (TPSA) is 51.1 Å². The van der Waals surface area contributed by atoms with Gasteiger partial charge in [-0.3, -0.25) is 9.69 Å². The molecule has 0 bridgehead atoms. The highest BCUT2D eigenvalue weighted by Crippen LogP contribution is 2.29. The van der Waals surface area contributed by atoms with Gasteiger partial charge in [0.15, 0.2) is 5.17 Å². The van der Waals surface area contributed by atoms with Crippen LogP contribution in [0.15, 0.2) is 89.6 Å². The second-order valence-electron chi connectivity index (χ2n) is 7.05. The number of benzene rings is 3. The smallest absolute Gasteiger partial charge is 0.283 e. The van der Waals surface area contributed by atoms with Gasteiger partial charge in [0.05, 0.1) is 18.9 Å². The highest BCUT2D eigenvalue weighted by molar-refractivity contribution is 8.14. The summed E-state index contributed by atoms with van der Waals surface area (Å²) in [5.41, 5.74) is 1.78. The Balaban J connectivity index is 1.46. The van der Waals surface area contributed by atoms with Gasteiger partial charge in [-0.25, -0.2) is 9.38 Å². The van der Waals surface area contributed by atoms with E-state index in [4.69, 9.17) is 9.47 Å². The van der Waals surface area contributed by atoms with Crippen LogP contribution in [0.2, 0.25) is 0 Å². The van der Waals surface area contributed by atoms with E-state index in [0.717, 1.165) is 17.1 Å². The summed E-state index contributed by atoms with van der Waals surface area (Å²) in [5, 5.41) is 0.532. The van der Waals surface area contributed by atoms with Crippen molar-refractivity contribution in [1.82, 2.24) is 0 Å². The number of carbonyl (C=O) groups is 1. The molecule has 1 amide bonds. The van der Waals surface area contributed by atoms with Crippen LogP contribution in [0.25, 0.3) is 6.08 Å². The molecule has 0 saturated heterocycles. The molecule has 4 rings (SSSR count). The second-order valence-corrected chi connectivity index (χ2v) is 8.12. The Morgan fingerprint density at radius 2 is 1.61 bits per heavy atom. The summed E-state index contributed by atoms with van der Waals surface area (Å²) >= 11 is 1.41. The molecule has 168 valence electrons. The highest BCUT2D eigenvalue weighted by Gasteiger charge is 2.31. The van der Waals surface area contributed by atoms with Crippen LogP contribution >= 0.6 is 11.8 Å². The predicted molar refractivity (Wildman–Crippen MR) is 131 cm³/mol. The number of rotatable bonds is 8. The molecular formula is C26H23FN2O3S.